The first kappa shape index (κ1) is 15.2. The molecule has 0 unspecified atom stereocenters. The van der Waals surface area contributed by atoms with Gasteiger partial charge in [-0.05, 0) is 38.8 Å². The van der Waals surface area contributed by atoms with Gasteiger partial charge in [0.05, 0.1) is 6.54 Å². The number of aryl methyl sites for hydroxylation is 2. The van der Waals surface area contributed by atoms with Gasteiger partial charge in [-0.3, -0.25) is 4.90 Å². The zero-order chi connectivity index (χ0) is 15.5. The van der Waals surface area contributed by atoms with Crippen LogP contribution in [0.15, 0.2) is 18.7 Å². The second-order valence-corrected chi connectivity index (χ2v) is 5.95. The maximum Gasteiger partial charge on any atom is 0.140 e. The predicted octanol–water partition coefficient (Wildman–Crippen LogP) is 0.977. The topological polar surface area (TPSA) is 72.0 Å². The molecule has 1 aliphatic rings. The van der Waals surface area contributed by atoms with E-state index in [9.17, 15) is 5.11 Å². The van der Waals surface area contributed by atoms with Crippen LogP contribution in [0.4, 0.5) is 0 Å². The molecule has 0 aliphatic carbocycles. The molecule has 0 bridgehead atoms. The predicted molar refractivity (Wildman–Crippen MR) is 81.9 cm³/mol. The minimum Gasteiger partial charge on any atom is -0.385 e. The summed E-state index contributed by atoms with van der Waals surface area (Å²) in [5, 5.41) is 14.7. The van der Waals surface area contributed by atoms with E-state index in [1.807, 2.05) is 22.5 Å². The Kier molecular flexibility index (Phi) is 4.54. The molecular formula is C15H24N6O. The number of piperidine rings is 1. The molecule has 1 atom stereocenters. The molecule has 0 amide bonds. The average molecular weight is 304 g/mol. The summed E-state index contributed by atoms with van der Waals surface area (Å²) in [5.74, 6) is 2.07. The molecule has 1 saturated heterocycles. The Labute approximate surface area is 130 Å². The van der Waals surface area contributed by atoms with E-state index in [0.29, 0.717) is 0 Å². The van der Waals surface area contributed by atoms with E-state index >= 15 is 0 Å². The highest BCUT2D eigenvalue weighted by atomic mass is 16.3. The highest BCUT2D eigenvalue weighted by Gasteiger charge is 2.28. The van der Waals surface area contributed by atoms with Gasteiger partial charge in [0.15, 0.2) is 0 Å². The Morgan fingerprint density at radius 3 is 2.73 bits per heavy atom. The van der Waals surface area contributed by atoms with Crippen LogP contribution < -0.4 is 0 Å². The standard InChI is InChI=1S/C15H24N6O/c1-3-21-13(17-11-18-21)10-20-7-4-12(5-8-20)14(22)15-16-6-9-19(15)2/h6,9,11-12,14,22H,3-5,7-8,10H2,1-2H3/t14-/m1/s1. The maximum atomic E-state index is 10.5. The van der Waals surface area contributed by atoms with E-state index in [1.165, 1.54) is 0 Å². The lowest BCUT2D eigenvalue weighted by molar-refractivity contribution is 0.0482. The molecular weight excluding hydrogens is 280 g/mol. The Balaban J connectivity index is 1.55. The lowest BCUT2D eigenvalue weighted by Gasteiger charge is -2.33. The van der Waals surface area contributed by atoms with Gasteiger partial charge in [-0.15, -0.1) is 0 Å². The molecule has 2 aromatic heterocycles. The monoisotopic (exact) mass is 304 g/mol. The molecule has 1 aliphatic heterocycles. The molecule has 0 saturated carbocycles. The van der Waals surface area contributed by atoms with E-state index in [-0.39, 0.29) is 5.92 Å². The zero-order valence-electron chi connectivity index (χ0n) is 13.3. The number of nitrogens with zero attached hydrogens (tertiary/aromatic N) is 6. The summed E-state index contributed by atoms with van der Waals surface area (Å²) in [5.41, 5.74) is 0. The fourth-order valence-electron chi connectivity index (χ4n) is 3.17. The first-order chi connectivity index (χ1) is 10.7. The van der Waals surface area contributed by atoms with Crippen LogP contribution in [-0.4, -0.2) is 47.4 Å². The van der Waals surface area contributed by atoms with Crippen molar-refractivity contribution in [2.24, 2.45) is 13.0 Å². The average Bonchev–Trinajstić information content (AvgIpc) is 3.16. The van der Waals surface area contributed by atoms with Crippen LogP contribution in [0.5, 0.6) is 0 Å². The van der Waals surface area contributed by atoms with Crippen molar-refractivity contribution in [3.05, 3.63) is 30.4 Å². The number of rotatable bonds is 5. The fourth-order valence-corrected chi connectivity index (χ4v) is 3.17. The van der Waals surface area contributed by atoms with Gasteiger partial charge in [0.25, 0.3) is 0 Å². The number of aromatic nitrogens is 5. The van der Waals surface area contributed by atoms with E-state index in [4.69, 9.17) is 0 Å². The minimum absolute atomic E-state index is 0.279. The van der Waals surface area contributed by atoms with Crippen LogP contribution in [0.2, 0.25) is 0 Å². The second-order valence-electron chi connectivity index (χ2n) is 5.95. The van der Waals surface area contributed by atoms with Gasteiger partial charge in [-0.2, -0.15) is 5.10 Å². The van der Waals surface area contributed by atoms with Crippen molar-refractivity contribution >= 4 is 0 Å². The molecule has 1 fully saturated rings. The van der Waals surface area contributed by atoms with Gasteiger partial charge in [0.2, 0.25) is 0 Å². The van der Waals surface area contributed by atoms with Gasteiger partial charge in [-0.1, -0.05) is 0 Å². The van der Waals surface area contributed by atoms with Gasteiger partial charge in [0, 0.05) is 26.0 Å². The Morgan fingerprint density at radius 1 is 1.32 bits per heavy atom. The lowest BCUT2D eigenvalue weighted by Crippen LogP contribution is -2.36. The normalized spacial score (nSPS) is 18.7. The molecule has 7 nitrogen and oxygen atoms in total. The van der Waals surface area contributed by atoms with E-state index < -0.39 is 6.10 Å². The molecule has 3 rings (SSSR count). The summed E-state index contributed by atoms with van der Waals surface area (Å²) in [4.78, 5) is 11.0. The number of hydrogen-bond acceptors (Lipinski definition) is 5. The highest BCUT2D eigenvalue weighted by molar-refractivity contribution is 4.98. The van der Waals surface area contributed by atoms with Crippen LogP contribution in [0.1, 0.15) is 37.5 Å². The van der Waals surface area contributed by atoms with Crippen molar-refractivity contribution in [1.82, 2.24) is 29.2 Å². The number of likely N-dealkylation sites (tertiary alicyclic amines) is 1. The summed E-state index contributed by atoms with van der Waals surface area (Å²) in [7, 11) is 1.93. The quantitative estimate of drug-likeness (QED) is 0.891. The molecule has 3 heterocycles. The summed E-state index contributed by atoms with van der Waals surface area (Å²) in [6, 6.07) is 0. The third-order valence-electron chi connectivity index (χ3n) is 4.56. The molecule has 7 heteroatoms. The minimum atomic E-state index is -0.471. The third-order valence-corrected chi connectivity index (χ3v) is 4.56. The van der Waals surface area contributed by atoms with Gasteiger partial charge in [-0.25, -0.2) is 14.6 Å². The SMILES string of the molecule is CCn1ncnc1CN1CCC([C@@H](O)c2nccn2C)CC1. The van der Waals surface area contributed by atoms with Crippen LogP contribution in [-0.2, 0) is 20.1 Å². The Hall–Kier alpha value is -1.73. The number of aliphatic hydroxyl groups is 1. The lowest BCUT2D eigenvalue weighted by atomic mass is 9.90. The molecule has 0 aromatic carbocycles. The summed E-state index contributed by atoms with van der Waals surface area (Å²) in [6.45, 7) is 5.71. The van der Waals surface area contributed by atoms with Crippen molar-refractivity contribution in [3.8, 4) is 0 Å². The molecule has 22 heavy (non-hydrogen) atoms. The zero-order valence-corrected chi connectivity index (χ0v) is 13.3. The second kappa shape index (κ2) is 6.58. The van der Waals surface area contributed by atoms with Crippen LogP contribution >= 0.6 is 0 Å². The highest BCUT2D eigenvalue weighted by Crippen LogP contribution is 2.30. The smallest absolute Gasteiger partial charge is 0.140 e. The molecule has 0 spiro atoms. The number of imidazole rings is 1. The van der Waals surface area contributed by atoms with Gasteiger partial charge in [0.1, 0.15) is 24.1 Å². The van der Waals surface area contributed by atoms with Crippen molar-refractivity contribution in [3.63, 3.8) is 0 Å². The van der Waals surface area contributed by atoms with Crippen LogP contribution in [0, 0.1) is 5.92 Å². The van der Waals surface area contributed by atoms with Crippen molar-refractivity contribution in [1.29, 1.82) is 0 Å². The Bertz CT molecular complexity index is 599. The van der Waals surface area contributed by atoms with E-state index in [2.05, 4.69) is 26.9 Å². The van der Waals surface area contributed by atoms with Crippen molar-refractivity contribution in [2.75, 3.05) is 13.1 Å². The first-order valence-electron chi connectivity index (χ1n) is 7.93. The van der Waals surface area contributed by atoms with E-state index in [1.54, 1.807) is 12.5 Å². The van der Waals surface area contributed by atoms with Gasteiger partial charge < -0.3 is 9.67 Å². The number of aliphatic hydroxyl groups excluding tert-OH is 1. The van der Waals surface area contributed by atoms with E-state index in [0.717, 1.165) is 50.7 Å². The molecule has 120 valence electrons. The molecule has 1 N–H and O–H groups in total. The van der Waals surface area contributed by atoms with Crippen molar-refractivity contribution < 1.29 is 5.11 Å². The fraction of sp³-hybridized carbons (Fsp3) is 0.667. The maximum absolute atomic E-state index is 10.5. The number of hydrogen-bond donors (Lipinski definition) is 1. The van der Waals surface area contributed by atoms with Crippen LogP contribution in [0.25, 0.3) is 0 Å². The Morgan fingerprint density at radius 2 is 2.09 bits per heavy atom. The summed E-state index contributed by atoms with van der Waals surface area (Å²) >= 11 is 0. The van der Waals surface area contributed by atoms with Gasteiger partial charge >= 0.3 is 0 Å². The summed E-state index contributed by atoms with van der Waals surface area (Å²) < 4.78 is 3.84. The van der Waals surface area contributed by atoms with Crippen molar-refractivity contribution in [2.45, 2.75) is 39.0 Å². The molecule has 2 aromatic rings. The van der Waals surface area contributed by atoms with Crippen LogP contribution in [0.3, 0.4) is 0 Å². The summed E-state index contributed by atoms with van der Waals surface area (Å²) in [6.07, 6.45) is 6.73. The molecule has 0 radical (unpaired) electrons. The third kappa shape index (κ3) is 3.05. The first-order valence-corrected chi connectivity index (χ1v) is 7.93. The largest absolute Gasteiger partial charge is 0.385 e.